The number of rotatable bonds is 6. The molecule has 4 heteroatoms. The van der Waals surface area contributed by atoms with Gasteiger partial charge in [0.2, 0.25) is 0 Å². The number of nitrogens with two attached hydrogens (primary N) is 1. The zero-order chi connectivity index (χ0) is 7.82. The Bertz CT molecular complexity index is 87.8. The summed E-state index contributed by atoms with van der Waals surface area (Å²) in [6, 6.07) is -0.424. The van der Waals surface area contributed by atoms with Crippen molar-refractivity contribution in [3.63, 3.8) is 0 Å². The molecular formula is C6H14N2O2. The fraction of sp³-hybridized carbons (Fsp3) is 0.833. The van der Waals surface area contributed by atoms with Gasteiger partial charge in [0.25, 0.3) is 0 Å². The van der Waals surface area contributed by atoms with Gasteiger partial charge in [0, 0.05) is 0 Å². The molecule has 60 valence electrons. The number of hydrogen-bond donors (Lipinski definition) is 3. The summed E-state index contributed by atoms with van der Waals surface area (Å²) in [5.74, 6) is 0. The fourth-order valence-electron chi connectivity index (χ4n) is 0.672. The molecular weight excluding hydrogens is 132 g/mol. The third-order valence-corrected chi connectivity index (χ3v) is 1.30. The van der Waals surface area contributed by atoms with Crippen LogP contribution in [-0.4, -0.2) is 24.1 Å². The third-order valence-electron chi connectivity index (χ3n) is 1.30. The molecule has 0 aromatic carbocycles. The lowest BCUT2D eigenvalue weighted by Crippen LogP contribution is -2.27. The molecule has 0 aliphatic heterocycles. The van der Waals surface area contributed by atoms with Gasteiger partial charge in [-0.1, -0.05) is 6.42 Å². The average molecular weight is 146 g/mol. The largest absolute Gasteiger partial charge is 0.330 e. The molecule has 0 rings (SSSR count). The summed E-state index contributed by atoms with van der Waals surface area (Å²) in [5, 5.41) is 8.31. The molecule has 0 amide bonds. The van der Waals surface area contributed by atoms with Crippen molar-refractivity contribution in [2.75, 3.05) is 6.54 Å². The highest BCUT2D eigenvalue weighted by molar-refractivity contribution is 5.56. The number of unbranched alkanes of at least 4 members (excludes halogenated alkanes) is 1. The van der Waals surface area contributed by atoms with Crippen molar-refractivity contribution in [1.82, 2.24) is 5.48 Å². The molecule has 1 atom stereocenters. The highest BCUT2D eigenvalue weighted by atomic mass is 16.5. The summed E-state index contributed by atoms with van der Waals surface area (Å²) >= 11 is 0. The van der Waals surface area contributed by atoms with Crippen LogP contribution in [0.3, 0.4) is 0 Å². The zero-order valence-corrected chi connectivity index (χ0v) is 5.92. The second kappa shape index (κ2) is 6.67. The van der Waals surface area contributed by atoms with E-state index in [4.69, 9.17) is 10.9 Å². The van der Waals surface area contributed by atoms with E-state index in [0.717, 1.165) is 12.8 Å². The molecule has 10 heavy (non-hydrogen) atoms. The Labute approximate surface area is 60.4 Å². The Kier molecular flexibility index (Phi) is 6.37. The first-order chi connectivity index (χ1) is 4.85. The van der Waals surface area contributed by atoms with E-state index in [1.165, 1.54) is 0 Å². The Hall–Kier alpha value is -0.450. The van der Waals surface area contributed by atoms with Gasteiger partial charge in [-0.15, -0.1) is 0 Å². The van der Waals surface area contributed by atoms with E-state index in [1.807, 2.05) is 5.48 Å². The monoisotopic (exact) mass is 146 g/mol. The van der Waals surface area contributed by atoms with Crippen molar-refractivity contribution in [3.8, 4) is 0 Å². The van der Waals surface area contributed by atoms with Crippen molar-refractivity contribution < 1.29 is 10.0 Å². The summed E-state index contributed by atoms with van der Waals surface area (Å²) in [6.45, 7) is 0.636. The Balaban J connectivity index is 3.17. The highest BCUT2D eigenvalue weighted by Gasteiger charge is 2.02. The van der Waals surface area contributed by atoms with Crippen LogP contribution in [0.15, 0.2) is 0 Å². The first kappa shape index (κ1) is 9.55. The van der Waals surface area contributed by atoms with E-state index in [9.17, 15) is 4.79 Å². The van der Waals surface area contributed by atoms with Crippen LogP contribution in [0.4, 0.5) is 0 Å². The Morgan fingerprint density at radius 2 is 2.30 bits per heavy atom. The van der Waals surface area contributed by atoms with Gasteiger partial charge in [-0.3, -0.25) is 0 Å². The third kappa shape index (κ3) is 4.43. The molecule has 0 bridgehead atoms. The Morgan fingerprint density at radius 1 is 1.60 bits per heavy atom. The minimum Gasteiger partial charge on any atom is -0.330 e. The van der Waals surface area contributed by atoms with Crippen LogP contribution >= 0.6 is 0 Å². The lowest BCUT2D eigenvalue weighted by Gasteiger charge is -2.05. The van der Waals surface area contributed by atoms with Crippen LogP contribution in [0.2, 0.25) is 0 Å². The lowest BCUT2D eigenvalue weighted by molar-refractivity contribution is -0.112. The first-order valence-electron chi connectivity index (χ1n) is 3.40. The summed E-state index contributed by atoms with van der Waals surface area (Å²) in [6.07, 6.45) is 3.10. The van der Waals surface area contributed by atoms with Crippen molar-refractivity contribution >= 4 is 6.29 Å². The molecule has 0 saturated carbocycles. The highest BCUT2D eigenvalue weighted by Crippen LogP contribution is 1.96. The summed E-state index contributed by atoms with van der Waals surface area (Å²) in [7, 11) is 0. The zero-order valence-electron chi connectivity index (χ0n) is 5.92. The predicted octanol–water partition coefficient (Wildman–Crippen LogP) is -0.338. The van der Waals surface area contributed by atoms with Gasteiger partial charge < -0.3 is 15.7 Å². The van der Waals surface area contributed by atoms with Gasteiger partial charge in [0.1, 0.15) is 6.29 Å². The van der Waals surface area contributed by atoms with Crippen molar-refractivity contribution in [1.29, 1.82) is 0 Å². The summed E-state index contributed by atoms with van der Waals surface area (Å²) < 4.78 is 0. The SMILES string of the molecule is NCCCCC(C=O)NO. The first-order valence-corrected chi connectivity index (χ1v) is 3.40. The predicted molar refractivity (Wildman–Crippen MR) is 37.7 cm³/mol. The van der Waals surface area contributed by atoms with Crippen LogP contribution in [0.1, 0.15) is 19.3 Å². The smallest absolute Gasteiger partial charge is 0.139 e. The normalized spacial score (nSPS) is 13.0. The number of hydroxylamine groups is 1. The van der Waals surface area contributed by atoms with Gasteiger partial charge in [-0.25, -0.2) is 0 Å². The minimum atomic E-state index is -0.424. The van der Waals surface area contributed by atoms with Gasteiger partial charge >= 0.3 is 0 Å². The molecule has 1 unspecified atom stereocenters. The van der Waals surface area contributed by atoms with Crippen LogP contribution < -0.4 is 11.2 Å². The van der Waals surface area contributed by atoms with Crippen molar-refractivity contribution in [3.05, 3.63) is 0 Å². The molecule has 0 radical (unpaired) electrons. The van der Waals surface area contributed by atoms with E-state index in [1.54, 1.807) is 0 Å². The molecule has 0 aromatic heterocycles. The van der Waals surface area contributed by atoms with Gasteiger partial charge in [-0.05, 0) is 19.4 Å². The maximum Gasteiger partial charge on any atom is 0.139 e. The molecule has 0 saturated heterocycles. The van der Waals surface area contributed by atoms with E-state index in [-0.39, 0.29) is 0 Å². The summed E-state index contributed by atoms with van der Waals surface area (Å²) in [5.41, 5.74) is 7.13. The number of hydrogen-bond acceptors (Lipinski definition) is 4. The number of aldehydes is 1. The number of carbonyl (C=O) groups is 1. The van der Waals surface area contributed by atoms with Crippen LogP contribution in [0.25, 0.3) is 0 Å². The van der Waals surface area contributed by atoms with E-state index >= 15 is 0 Å². The fourth-order valence-corrected chi connectivity index (χ4v) is 0.672. The molecule has 0 aliphatic rings. The molecule has 0 aliphatic carbocycles. The molecule has 4 nitrogen and oxygen atoms in total. The molecule has 4 N–H and O–H groups in total. The number of carbonyl (C=O) groups excluding carboxylic acids is 1. The van der Waals surface area contributed by atoms with Crippen molar-refractivity contribution in [2.24, 2.45) is 5.73 Å². The minimum absolute atomic E-state index is 0.424. The standard InChI is InChI=1S/C6H14N2O2/c7-4-2-1-3-6(5-9)8-10/h5-6,8,10H,1-4,7H2. The second-order valence-electron chi connectivity index (χ2n) is 2.16. The number of nitrogens with one attached hydrogen (secondary N) is 1. The lowest BCUT2D eigenvalue weighted by atomic mass is 10.1. The van der Waals surface area contributed by atoms with Crippen molar-refractivity contribution in [2.45, 2.75) is 25.3 Å². The summed E-state index contributed by atoms with van der Waals surface area (Å²) in [4.78, 5) is 10.1. The molecule has 0 heterocycles. The molecule has 0 aromatic rings. The van der Waals surface area contributed by atoms with Gasteiger partial charge in [0.15, 0.2) is 0 Å². The quantitative estimate of drug-likeness (QED) is 0.272. The maximum atomic E-state index is 10.1. The Morgan fingerprint density at radius 3 is 2.70 bits per heavy atom. The van der Waals surface area contributed by atoms with Crippen LogP contribution in [0.5, 0.6) is 0 Å². The van der Waals surface area contributed by atoms with Crippen LogP contribution in [-0.2, 0) is 4.79 Å². The van der Waals surface area contributed by atoms with Crippen LogP contribution in [0, 0.1) is 0 Å². The maximum absolute atomic E-state index is 10.1. The topological polar surface area (TPSA) is 75.4 Å². The molecule has 0 spiro atoms. The van der Waals surface area contributed by atoms with E-state index in [0.29, 0.717) is 19.3 Å². The second-order valence-corrected chi connectivity index (χ2v) is 2.16. The average Bonchev–Trinajstić information content (AvgIpc) is 1.99. The van der Waals surface area contributed by atoms with Gasteiger partial charge in [-0.2, -0.15) is 5.48 Å². The van der Waals surface area contributed by atoms with E-state index < -0.39 is 6.04 Å². The molecule has 0 fully saturated rings. The van der Waals surface area contributed by atoms with Gasteiger partial charge in [0.05, 0.1) is 6.04 Å². The van der Waals surface area contributed by atoms with E-state index in [2.05, 4.69) is 0 Å².